The van der Waals surface area contributed by atoms with Gasteiger partial charge in [0, 0.05) is 22.2 Å². The maximum Gasteiger partial charge on any atom is 0.294 e. The average Bonchev–Trinajstić information content (AvgIpc) is 3.46. The fraction of sp³-hybridized carbons (Fsp3) is 0.154. The quantitative estimate of drug-likeness (QED) is 0.300. The molecule has 0 aliphatic heterocycles. The lowest BCUT2D eigenvalue weighted by Crippen LogP contribution is -2.12. The molecule has 0 unspecified atom stereocenters. The van der Waals surface area contributed by atoms with E-state index in [1.165, 1.54) is 6.07 Å². The fourth-order valence-corrected chi connectivity index (χ4v) is 4.79. The SMILES string of the molecule is CCOc1ccc(-c2noc(-c3oc4ccc(S(=O)(=O)Nc5ccc(C)cc5)cc4c3C)n2)cc1. The Morgan fingerprint density at radius 2 is 1.71 bits per heavy atom. The standard InChI is InChI=1S/C26H23N3O5S/c1-4-32-20-11-7-18(8-12-20)25-27-26(34-28-25)24-17(3)22-15-21(13-14-23(22)33-24)35(30,31)29-19-9-5-16(2)6-10-19/h5-15,29H,4H2,1-3H3. The Balaban J connectivity index is 1.45. The van der Waals surface area contributed by atoms with Crippen LogP contribution in [0.5, 0.6) is 5.75 Å². The first kappa shape index (κ1) is 22.7. The smallest absolute Gasteiger partial charge is 0.294 e. The molecule has 5 rings (SSSR count). The second kappa shape index (κ2) is 8.92. The molecule has 0 aliphatic carbocycles. The number of nitrogens with one attached hydrogen (secondary N) is 1. The van der Waals surface area contributed by atoms with E-state index < -0.39 is 10.0 Å². The Hall–Kier alpha value is -4.11. The van der Waals surface area contributed by atoms with Crippen molar-refractivity contribution in [2.75, 3.05) is 11.3 Å². The molecule has 1 N–H and O–H groups in total. The molecular weight excluding hydrogens is 466 g/mol. The van der Waals surface area contributed by atoms with Gasteiger partial charge < -0.3 is 13.7 Å². The van der Waals surface area contributed by atoms with E-state index in [-0.39, 0.29) is 10.8 Å². The van der Waals surface area contributed by atoms with Crippen LogP contribution in [-0.4, -0.2) is 25.2 Å². The van der Waals surface area contributed by atoms with Crippen molar-refractivity contribution in [2.45, 2.75) is 25.7 Å². The molecule has 2 heterocycles. The maximum atomic E-state index is 13.0. The first-order valence-electron chi connectivity index (χ1n) is 11.0. The summed E-state index contributed by atoms with van der Waals surface area (Å²) in [5.74, 6) is 1.78. The number of aromatic nitrogens is 2. The van der Waals surface area contributed by atoms with E-state index in [9.17, 15) is 8.42 Å². The lowest BCUT2D eigenvalue weighted by molar-refractivity contribution is 0.340. The van der Waals surface area contributed by atoms with Gasteiger partial charge in [0.1, 0.15) is 11.3 Å². The van der Waals surface area contributed by atoms with E-state index in [1.807, 2.05) is 57.2 Å². The zero-order valence-corrected chi connectivity index (χ0v) is 20.2. The van der Waals surface area contributed by atoms with Crippen LogP contribution in [0.25, 0.3) is 34.0 Å². The minimum Gasteiger partial charge on any atom is -0.494 e. The number of sulfonamides is 1. The van der Waals surface area contributed by atoms with Crippen LogP contribution in [0, 0.1) is 13.8 Å². The number of benzene rings is 3. The number of ether oxygens (including phenoxy) is 1. The third kappa shape index (κ3) is 4.50. The second-order valence-corrected chi connectivity index (χ2v) is 9.75. The van der Waals surface area contributed by atoms with Crippen LogP contribution in [-0.2, 0) is 10.0 Å². The zero-order valence-electron chi connectivity index (χ0n) is 19.4. The molecule has 2 aromatic heterocycles. The summed E-state index contributed by atoms with van der Waals surface area (Å²) in [5.41, 5.74) is 3.53. The number of nitrogens with zero attached hydrogens (tertiary/aromatic N) is 2. The summed E-state index contributed by atoms with van der Waals surface area (Å²) < 4.78 is 45.4. The molecule has 0 saturated carbocycles. The van der Waals surface area contributed by atoms with Gasteiger partial charge in [0.05, 0.1) is 11.5 Å². The van der Waals surface area contributed by atoms with Gasteiger partial charge in [-0.15, -0.1) is 0 Å². The molecule has 0 saturated heterocycles. The summed E-state index contributed by atoms with van der Waals surface area (Å²) in [4.78, 5) is 4.60. The summed E-state index contributed by atoms with van der Waals surface area (Å²) in [6, 6.07) is 19.2. The highest BCUT2D eigenvalue weighted by Crippen LogP contribution is 2.34. The average molecular weight is 490 g/mol. The van der Waals surface area contributed by atoms with Crippen LogP contribution in [0.4, 0.5) is 5.69 Å². The maximum absolute atomic E-state index is 13.0. The molecule has 5 aromatic rings. The van der Waals surface area contributed by atoms with Gasteiger partial charge >= 0.3 is 0 Å². The second-order valence-electron chi connectivity index (χ2n) is 8.07. The normalized spacial score (nSPS) is 11.6. The van der Waals surface area contributed by atoms with Crippen LogP contribution in [0.2, 0.25) is 0 Å². The highest BCUT2D eigenvalue weighted by atomic mass is 32.2. The van der Waals surface area contributed by atoms with E-state index in [2.05, 4.69) is 14.9 Å². The first-order valence-corrected chi connectivity index (χ1v) is 12.5. The van der Waals surface area contributed by atoms with Crippen molar-refractivity contribution in [1.29, 1.82) is 0 Å². The van der Waals surface area contributed by atoms with Crippen LogP contribution in [0.1, 0.15) is 18.1 Å². The van der Waals surface area contributed by atoms with Gasteiger partial charge in [-0.2, -0.15) is 4.98 Å². The minimum absolute atomic E-state index is 0.127. The van der Waals surface area contributed by atoms with Gasteiger partial charge in [-0.3, -0.25) is 4.72 Å². The lowest BCUT2D eigenvalue weighted by Gasteiger charge is -2.08. The molecule has 35 heavy (non-hydrogen) atoms. The Bertz CT molecular complexity index is 1600. The third-order valence-corrected chi connectivity index (χ3v) is 6.94. The molecule has 0 bridgehead atoms. The predicted octanol–water partition coefficient (Wildman–Crippen LogP) is 5.97. The van der Waals surface area contributed by atoms with E-state index >= 15 is 0 Å². The molecule has 0 fully saturated rings. The number of rotatable bonds is 7. The number of anilines is 1. The van der Waals surface area contributed by atoms with Gasteiger partial charge in [-0.25, -0.2) is 8.42 Å². The molecular formula is C26H23N3O5S. The highest BCUT2D eigenvalue weighted by Gasteiger charge is 2.22. The van der Waals surface area contributed by atoms with Crippen molar-refractivity contribution in [3.8, 4) is 28.8 Å². The van der Waals surface area contributed by atoms with Crippen molar-refractivity contribution in [3.63, 3.8) is 0 Å². The van der Waals surface area contributed by atoms with Crippen molar-refractivity contribution < 1.29 is 22.1 Å². The molecule has 9 heteroatoms. The molecule has 8 nitrogen and oxygen atoms in total. The summed E-state index contributed by atoms with van der Waals surface area (Å²) in [5, 5.41) is 4.71. The molecule has 0 spiro atoms. The van der Waals surface area contributed by atoms with Crippen molar-refractivity contribution in [1.82, 2.24) is 10.1 Å². The summed E-state index contributed by atoms with van der Waals surface area (Å²) in [7, 11) is -3.78. The number of aryl methyl sites for hydroxylation is 2. The van der Waals surface area contributed by atoms with Crippen LogP contribution >= 0.6 is 0 Å². The summed E-state index contributed by atoms with van der Waals surface area (Å²) in [6.45, 7) is 6.28. The number of fused-ring (bicyclic) bond motifs is 1. The first-order chi connectivity index (χ1) is 16.8. The number of hydrogen-bond donors (Lipinski definition) is 1. The summed E-state index contributed by atoms with van der Waals surface area (Å²) in [6.07, 6.45) is 0. The lowest BCUT2D eigenvalue weighted by atomic mass is 10.1. The molecule has 0 atom stereocenters. The Kier molecular flexibility index (Phi) is 5.78. The Labute approximate surface area is 202 Å². The van der Waals surface area contributed by atoms with Crippen LogP contribution in [0.3, 0.4) is 0 Å². The van der Waals surface area contributed by atoms with Gasteiger partial charge in [0.2, 0.25) is 5.82 Å². The number of furan rings is 1. The minimum atomic E-state index is -3.78. The van der Waals surface area contributed by atoms with Crippen LogP contribution < -0.4 is 9.46 Å². The number of hydrogen-bond acceptors (Lipinski definition) is 7. The Morgan fingerprint density at radius 1 is 0.971 bits per heavy atom. The van der Waals surface area contributed by atoms with Gasteiger partial charge in [-0.1, -0.05) is 22.9 Å². The van der Waals surface area contributed by atoms with Gasteiger partial charge in [0.25, 0.3) is 15.9 Å². The molecule has 3 aromatic carbocycles. The molecule has 178 valence electrons. The predicted molar refractivity (Wildman–Crippen MR) is 133 cm³/mol. The molecule has 0 aliphatic rings. The van der Waals surface area contributed by atoms with E-state index in [0.717, 1.165) is 16.9 Å². The van der Waals surface area contributed by atoms with Gasteiger partial charge in [0.15, 0.2) is 5.76 Å². The van der Waals surface area contributed by atoms with E-state index in [4.69, 9.17) is 13.7 Å². The summed E-state index contributed by atoms with van der Waals surface area (Å²) >= 11 is 0. The molecule has 0 radical (unpaired) electrons. The topological polar surface area (TPSA) is 107 Å². The van der Waals surface area contributed by atoms with Crippen molar-refractivity contribution >= 4 is 26.7 Å². The van der Waals surface area contributed by atoms with E-state index in [1.54, 1.807) is 24.3 Å². The van der Waals surface area contributed by atoms with E-state index in [0.29, 0.717) is 40.4 Å². The Morgan fingerprint density at radius 3 is 2.43 bits per heavy atom. The fourth-order valence-electron chi connectivity index (χ4n) is 3.71. The largest absolute Gasteiger partial charge is 0.494 e. The van der Waals surface area contributed by atoms with Gasteiger partial charge in [-0.05, 0) is 75.4 Å². The third-order valence-electron chi connectivity index (χ3n) is 5.57. The van der Waals surface area contributed by atoms with Crippen molar-refractivity contribution in [3.05, 3.63) is 77.9 Å². The zero-order chi connectivity index (χ0) is 24.6. The monoisotopic (exact) mass is 489 g/mol. The van der Waals surface area contributed by atoms with Crippen molar-refractivity contribution in [2.24, 2.45) is 0 Å². The highest BCUT2D eigenvalue weighted by molar-refractivity contribution is 7.92. The van der Waals surface area contributed by atoms with Crippen LogP contribution in [0.15, 0.2) is 80.6 Å². The molecule has 0 amide bonds.